The zero-order valence-electron chi connectivity index (χ0n) is 18.8. The molecule has 4 aliphatic heterocycles. The Morgan fingerprint density at radius 3 is 3.00 bits per heavy atom. The number of hydrogen-bond acceptors (Lipinski definition) is 5. The number of fused-ring (bicyclic) bond motifs is 4. The van der Waals surface area contributed by atoms with Gasteiger partial charge >= 0.3 is 0 Å². The fourth-order valence-corrected chi connectivity index (χ4v) is 6.30. The summed E-state index contributed by atoms with van der Waals surface area (Å²) in [6.45, 7) is 6.61. The predicted octanol–water partition coefficient (Wildman–Crippen LogP) is 3.69. The molecule has 2 aromatic carbocycles. The summed E-state index contributed by atoms with van der Waals surface area (Å²) in [7, 11) is 4.00. The van der Waals surface area contributed by atoms with Gasteiger partial charge in [0.1, 0.15) is 11.5 Å². The van der Waals surface area contributed by atoms with Gasteiger partial charge in [-0.05, 0) is 48.6 Å². The van der Waals surface area contributed by atoms with Gasteiger partial charge in [-0.25, -0.2) is 0 Å². The highest BCUT2D eigenvalue weighted by atomic mass is 16.5. The van der Waals surface area contributed by atoms with Gasteiger partial charge in [-0.3, -0.25) is 0 Å². The third-order valence-electron chi connectivity index (χ3n) is 7.88. The molecule has 0 N–H and O–H groups in total. The molecule has 0 saturated carbocycles. The molecule has 2 unspecified atom stereocenters. The highest BCUT2D eigenvalue weighted by molar-refractivity contribution is 5.82. The van der Waals surface area contributed by atoms with E-state index >= 15 is 0 Å². The zero-order valence-corrected chi connectivity index (χ0v) is 18.8. The molecule has 0 bridgehead atoms. The van der Waals surface area contributed by atoms with Crippen molar-refractivity contribution < 1.29 is 9.47 Å². The van der Waals surface area contributed by atoms with E-state index in [1.54, 1.807) is 7.11 Å². The summed E-state index contributed by atoms with van der Waals surface area (Å²) >= 11 is 0. The van der Waals surface area contributed by atoms with Gasteiger partial charge in [-0.15, -0.1) is 0 Å². The van der Waals surface area contributed by atoms with Gasteiger partial charge < -0.3 is 24.2 Å². The number of rotatable bonds is 5. The van der Waals surface area contributed by atoms with Crippen LogP contribution in [-0.4, -0.2) is 64.4 Å². The van der Waals surface area contributed by atoms with E-state index in [2.05, 4.69) is 52.1 Å². The van der Waals surface area contributed by atoms with Crippen LogP contribution in [0.5, 0.6) is 11.5 Å². The summed E-state index contributed by atoms with van der Waals surface area (Å²) in [5.74, 6) is 2.76. The van der Waals surface area contributed by atoms with Crippen LogP contribution < -0.4 is 19.3 Å². The minimum atomic E-state index is 0.591. The molecule has 1 saturated heterocycles. The van der Waals surface area contributed by atoms with Gasteiger partial charge in [0.15, 0.2) is 0 Å². The smallest absolute Gasteiger partial charge is 0.125 e. The first kappa shape index (κ1) is 19.3. The number of aryl methyl sites for hydroxylation is 1. The number of piperidine rings is 1. The third-order valence-corrected chi connectivity index (χ3v) is 7.88. The second kappa shape index (κ2) is 7.63. The van der Waals surface area contributed by atoms with Crippen molar-refractivity contribution in [2.45, 2.75) is 37.6 Å². The molecule has 4 heterocycles. The second-order valence-corrected chi connectivity index (χ2v) is 9.57. The lowest BCUT2D eigenvalue weighted by Crippen LogP contribution is -2.49. The molecule has 6 rings (SSSR count). The van der Waals surface area contributed by atoms with E-state index in [-0.39, 0.29) is 0 Å². The molecule has 0 aromatic heterocycles. The standard InChI is InChI=1S/C26H33N3O2/c1-27-12-13-29-23-8-11-28(10-4-7-18-5-3-6-19-9-14-31-26(18)19)17-22(23)21-15-20(30-2)16-24(27)25(21)29/h3,5-6,15-16,22-23H,4,7-14,17H2,1-2H3. The Hall–Kier alpha value is -2.40. The molecule has 2 aromatic rings. The van der Waals surface area contributed by atoms with Gasteiger partial charge in [0.2, 0.25) is 0 Å². The first-order valence-electron chi connectivity index (χ1n) is 11.9. The molecule has 4 aliphatic rings. The maximum atomic E-state index is 5.90. The van der Waals surface area contributed by atoms with E-state index in [0.29, 0.717) is 12.0 Å². The number of nitrogens with zero attached hydrogens (tertiary/aromatic N) is 3. The molecule has 5 heteroatoms. The van der Waals surface area contributed by atoms with Crippen molar-refractivity contribution in [2.24, 2.45) is 0 Å². The Kier molecular flexibility index (Phi) is 4.75. The first-order valence-corrected chi connectivity index (χ1v) is 11.9. The highest BCUT2D eigenvalue weighted by Crippen LogP contribution is 2.52. The largest absolute Gasteiger partial charge is 0.497 e. The highest BCUT2D eigenvalue weighted by Gasteiger charge is 2.45. The van der Waals surface area contributed by atoms with E-state index in [0.717, 1.165) is 44.8 Å². The Bertz CT molecular complexity index is 991. The fourth-order valence-electron chi connectivity index (χ4n) is 6.30. The number of likely N-dealkylation sites (tertiary alicyclic amines) is 1. The fraction of sp³-hybridized carbons (Fsp3) is 0.538. The minimum absolute atomic E-state index is 0.591. The van der Waals surface area contributed by atoms with Crippen molar-refractivity contribution in [2.75, 3.05) is 63.3 Å². The minimum Gasteiger partial charge on any atom is -0.497 e. The van der Waals surface area contributed by atoms with Crippen LogP contribution in [0.2, 0.25) is 0 Å². The summed E-state index contributed by atoms with van der Waals surface area (Å²) in [5, 5.41) is 0. The number of hydrogen-bond donors (Lipinski definition) is 0. The van der Waals surface area contributed by atoms with Crippen molar-refractivity contribution in [1.82, 2.24) is 4.90 Å². The zero-order chi connectivity index (χ0) is 20.9. The van der Waals surface area contributed by atoms with Gasteiger partial charge in [-0.1, -0.05) is 18.2 Å². The van der Waals surface area contributed by atoms with Gasteiger partial charge in [0.05, 0.1) is 25.1 Å². The number of methoxy groups -OCH3 is 1. The van der Waals surface area contributed by atoms with Crippen LogP contribution in [0.4, 0.5) is 11.4 Å². The van der Waals surface area contributed by atoms with Crippen LogP contribution in [0.25, 0.3) is 0 Å². The number of likely N-dealkylation sites (N-methyl/N-ethyl adjacent to an activating group) is 1. The summed E-state index contributed by atoms with van der Waals surface area (Å²) in [6.07, 6.45) is 4.63. The average molecular weight is 420 g/mol. The Morgan fingerprint density at radius 2 is 2.10 bits per heavy atom. The molecule has 5 nitrogen and oxygen atoms in total. The monoisotopic (exact) mass is 419 g/mol. The van der Waals surface area contributed by atoms with Crippen molar-refractivity contribution in [3.8, 4) is 11.5 Å². The summed E-state index contributed by atoms with van der Waals surface area (Å²) in [6, 6.07) is 11.8. The van der Waals surface area contributed by atoms with Crippen LogP contribution in [0.1, 0.15) is 35.4 Å². The van der Waals surface area contributed by atoms with Crippen molar-refractivity contribution in [3.05, 3.63) is 47.0 Å². The Balaban J connectivity index is 1.17. The van der Waals surface area contributed by atoms with E-state index in [9.17, 15) is 0 Å². The molecule has 0 amide bonds. The molecule has 1 fully saturated rings. The maximum Gasteiger partial charge on any atom is 0.125 e. The lowest BCUT2D eigenvalue weighted by molar-refractivity contribution is 0.191. The van der Waals surface area contributed by atoms with Crippen molar-refractivity contribution in [1.29, 1.82) is 0 Å². The molecule has 31 heavy (non-hydrogen) atoms. The predicted molar refractivity (Wildman–Crippen MR) is 125 cm³/mol. The van der Waals surface area contributed by atoms with Crippen LogP contribution >= 0.6 is 0 Å². The lowest BCUT2D eigenvalue weighted by Gasteiger charge is -2.41. The number of para-hydroxylation sites is 1. The molecular formula is C26H33N3O2. The molecule has 0 aliphatic carbocycles. The molecule has 0 radical (unpaired) electrons. The van der Waals surface area contributed by atoms with Crippen LogP contribution in [0.3, 0.4) is 0 Å². The van der Waals surface area contributed by atoms with Gasteiger partial charge in [0.25, 0.3) is 0 Å². The normalized spacial score (nSPS) is 23.9. The summed E-state index contributed by atoms with van der Waals surface area (Å²) in [4.78, 5) is 7.79. The first-order chi connectivity index (χ1) is 15.2. The summed E-state index contributed by atoms with van der Waals surface area (Å²) < 4.78 is 11.6. The van der Waals surface area contributed by atoms with E-state index in [1.807, 2.05) is 0 Å². The average Bonchev–Trinajstić information content (AvgIpc) is 3.40. The SMILES string of the molecule is COc1cc2c3c(c1)N(C)CCN3C1CCN(CCCc3cccc4c3OCC4)CC21. The Morgan fingerprint density at radius 1 is 1.16 bits per heavy atom. The molecule has 2 atom stereocenters. The van der Waals surface area contributed by atoms with Crippen molar-refractivity contribution in [3.63, 3.8) is 0 Å². The number of benzene rings is 2. The number of anilines is 2. The van der Waals surface area contributed by atoms with Crippen LogP contribution in [0.15, 0.2) is 30.3 Å². The molecule has 164 valence electrons. The van der Waals surface area contributed by atoms with Gasteiger partial charge in [-0.2, -0.15) is 0 Å². The van der Waals surface area contributed by atoms with Crippen LogP contribution in [-0.2, 0) is 12.8 Å². The lowest BCUT2D eigenvalue weighted by atomic mass is 9.88. The van der Waals surface area contributed by atoms with E-state index < -0.39 is 0 Å². The van der Waals surface area contributed by atoms with Crippen LogP contribution in [0, 0.1) is 0 Å². The maximum absolute atomic E-state index is 5.90. The molecule has 0 spiro atoms. The van der Waals surface area contributed by atoms with Crippen molar-refractivity contribution >= 4 is 11.4 Å². The second-order valence-electron chi connectivity index (χ2n) is 9.57. The Labute approximate surface area is 185 Å². The van der Waals surface area contributed by atoms with E-state index in [4.69, 9.17) is 9.47 Å². The summed E-state index contributed by atoms with van der Waals surface area (Å²) in [5.41, 5.74) is 7.11. The van der Waals surface area contributed by atoms with E-state index in [1.165, 1.54) is 59.7 Å². The van der Waals surface area contributed by atoms with Gasteiger partial charge in [0, 0.05) is 57.7 Å². The number of ether oxygens (including phenoxy) is 2. The topological polar surface area (TPSA) is 28.2 Å². The molecular weight excluding hydrogens is 386 g/mol. The quantitative estimate of drug-likeness (QED) is 0.737. The third kappa shape index (κ3) is 3.16.